The van der Waals surface area contributed by atoms with Gasteiger partial charge in [-0.3, -0.25) is 4.21 Å². The van der Waals surface area contributed by atoms with Gasteiger partial charge in [-0.1, -0.05) is 0 Å². The number of aryl methyl sites for hydroxylation is 2. The van der Waals surface area contributed by atoms with Crippen molar-refractivity contribution in [2.45, 2.75) is 18.0 Å². The molecule has 0 saturated heterocycles. The smallest absolute Gasteiger partial charge is 0.361 e. The summed E-state index contributed by atoms with van der Waals surface area (Å²) in [5.74, 6) is -1.75. The monoisotopic (exact) mass is 389 g/mol. The van der Waals surface area contributed by atoms with E-state index < -0.39 is 28.5 Å². The topological polar surface area (TPSA) is 37.6 Å². The van der Waals surface area contributed by atoms with Crippen LogP contribution in [0.5, 0.6) is 0 Å². The number of aromatic nitrogens is 1. The first-order valence-corrected chi connectivity index (χ1v) is 8.94. The van der Waals surface area contributed by atoms with Crippen molar-refractivity contribution in [3.8, 4) is 0 Å². The molecule has 9 heteroatoms. The molecule has 0 aliphatic carbocycles. The number of halogens is 4. The zero-order valence-corrected chi connectivity index (χ0v) is 15.6. The summed E-state index contributed by atoms with van der Waals surface area (Å²) in [6.07, 6.45) is -2.78. The summed E-state index contributed by atoms with van der Waals surface area (Å²) < 4.78 is 65.8. The molecule has 26 heavy (non-hydrogen) atoms. The molecule has 0 N–H and O–H groups in total. The lowest BCUT2D eigenvalue weighted by molar-refractivity contribution is -0.105. The highest BCUT2D eigenvalue weighted by Crippen LogP contribution is 2.28. The molecule has 0 fully saturated rings. The van der Waals surface area contributed by atoms with Gasteiger partial charge in [0.1, 0.15) is 17.3 Å². The van der Waals surface area contributed by atoms with Crippen LogP contribution in [0.2, 0.25) is 0 Å². The number of hydrogen-bond donors (Lipinski definition) is 0. The van der Waals surface area contributed by atoms with Crippen LogP contribution >= 0.6 is 0 Å². The van der Waals surface area contributed by atoms with E-state index in [-0.39, 0.29) is 16.1 Å². The van der Waals surface area contributed by atoms with Crippen LogP contribution in [0.15, 0.2) is 40.4 Å². The second-order valence-electron chi connectivity index (χ2n) is 6.01. The van der Waals surface area contributed by atoms with Crippen molar-refractivity contribution in [2.24, 2.45) is 12.0 Å². The molecule has 0 aliphatic heterocycles. The van der Waals surface area contributed by atoms with E-state index in [0.717, 1.165) is 12.1 Å². The van der Waals surface area contributed by atoms with Crippen LogP contribution in [0.4, 0.5) is 23.2 Å². The second-order valence-corrected chi connectivity index (χ2v) is 7.43. The van der Waals surface area contributed by atoms with E-state index in [0.29, 0.717) is 11.5 Å². The second kappa shape index (κ2) is 7.61. The highest BCUT2D eigenvalue weighted by atomic mass is 32.2. The highest BCUT2D eigenvalue weighted by molar-refractivity contribution is 7.85. The maximum atomic E-state index is 14.3. The molecule has 1 heterocycles. The number of benzene rings is 1. The Bertz CT molecular complexity index is 856. The van der Waals surface area contributed by atoms with Crippen LogP contribution in [0, 0.1) is 12.7 Å². The maximum Gasteiger partial charge on any atom is 0.400 e. The van der Waals surface area contributed by atoms with Gasteiger partial charge in [0.05, 0.1) is 16.5 Å². The molecule has 2 rings (SSSR count). The zero-order valence-electron chi connectivity index (χ0n) is 14.8. The Balaban J connectivity index is 2.53. The average Bonchev–Trinajstić information content (AvgIpc) is 2.90. The van der Waals surface area contributed by atoms with Crippen molar-refractivity contribution in [1.29, 1.82) is 0 Å². The van der Waals surface area contributed by atoms with Crippen LogP contribution in [-0.4, -0.2) is 45.5 Å². The van der Waals surface area contributed by atoms with Crippen molar-refractivity contribution in [2.75, 3.05) is 19.8 Å². The number of nitrogens with zero attached hydrogens (tertiary/aromatic N) is 3. The van der Waals surface area contributed by atoms with Gasteiger partial charge in [-0.2, -0.15) is 13.2 Å². The summed E-state index contributed by atoms with van der Waals surface area (Å²) in [6, 6.07) is 5.76. The fraction of sp³-hybridized carbons (Fsp3) is 0.353. The largest absolute Gasteiger partial charge is 0.400 e. The predicted octanol–water partition coefficient (Wildman–Crippen LogP) is 3.78. The van der Waals surface area contributed by atoms with Gasteiger partial charge >= 0.3 is 6.18 Å². The van der Waals surface area contributed by atoms with Gasteiger partial charge in [-0.25, -0.2) is 9.38 Å². The summed E-state index contributed by atoms with van der Waals surface area (Å²) in [5, 5.41) is 0. The van der Waals surface area contributed by atoms with Crippen molar-refractivity contribution in [3.63, 3.8) is 0 Å². The number of amidine groups is 1. The average molecular weight is 389 g/mol. The normalized spacial score (nSPS) is 13.8. The summed E-state index contributed by atoms with van der Waals surface area (Å²) >= 11 is 0. The molecule has 0 bridgehead atoms. The van der Waals surface area contributed by atoms with Gasteiger partial charge in [-0.15, -0.1) is 0 Å². The number of alkyl halides is 3. The molecule has 1 atom stereocenters. The molecule has 1 aromatic carbocycles. The third-order valence-corrected chi connectivity index (χ3v) is 5.13. The van der Waals surface area contributed by atoms with Crippen molar-refractivity contribution >= 4 is 22.3 Å². The Morgan fingerprint density at radius 2 is 1.96 bits per heavy atom. The molecule has 0 spiro atoms. The minimum absolute atomic E-state index is 0.0764. The maximum absolute atomic E-state index is 14.3. The molecule has 0 radical (unpaired) electrons. The van der Waals surface area contributed by atoms with E-state index in [2.05, 4.69) is 4.99 Å². The molecule has 4 nitrogen and oxygen atoms in total. The first-order valence-electron chi connectivity index (χ1n) is 7.62. The van der Waals surface area contributed by atoms with Gasteiger partial charge in [0.15, 0.2) is 5.84 Å². The van der Waals surface area contributed by atoms with Crippen LogP contribution in [0.25, 0.3) is 0 Å². The Labute approximate surface area is 151 Å². The quantitative estimate of drug-likeness (QED) is 0.453. The van der Waals surface area contributed by atoms with E-state index in [1.165, 1.54) is 6.92 Å². The lowest BCUT2D eigenvalue weighted by atomic mass is 10.2. The lowest BCUT2D eigenvalue weighted by Crippen LogP contribution is -2.25. The van der Waals surface area contributed by atoms with Crippen molar-refractivity contribution < 1.29 is 21.8 Å². The number of aliphatic imine (C=N–C) groups is 1. The standard InChI is InChI=1S/C17H19F4N3OS/c1-11-8-12(18)13(9-15(11)26(25)10-17(19,20)21)22-16(23(2)3)14-6-5-7-24(14)4/h5-9H,10H2,1-4H3. The fourth-order valence-electron chi connectivity index (χ4n) is 2.39. The number of hydrogen-bond acceptors (Lipinski definition) is 2. The minimum atomic E-state index is -4.58. The Kier molecular flexibility index (Phi) is 5.90. The van der Waals surface area contributed by atoms with Crippen molar-refractivity contribution in [1.82, 2.24) is 9.47 Å². The zero-order chi connectivity index (χ0) is 19.6. The van der Waals surface area contributed by atoms with Crippen LogP contribution < -0.4 is 0 Å². The molecule has 142 valence electrons. The molecular formula is C17H19F4N3OS. The van der Waals surface area contributed by atoms with E-state index >= 15 is 0 Å². The van der Waals surface area contributed by atoms with Gasteiger partial charge < -0.3 is 9.47 Å². The molecule has 1 aromatic heterocycles. The molecule has 1 unspecified atom stereocenters. The fourth-order valence-corrected chi connectivity index (χ4v) is 3.51. The summed E-state index contributed by atoms with van der Waals surface area (Å²) in [4.78, 5) is 5.86. The Morgan fingerprint density at radius 1 is 1.31 bits per heavy atom. The third kappa shape index (κ3) is 4.72. The van der Waals surface area contributed by atoms with E-state index in [9.17, 15) is 21.8 Å². The minimum Gasteiger partial charge on any atom is -0.361 e. The first-order chi connectivity index (χ1) is 12.0. The van der Waals surface area contributed by atoms with Crippen LogP contribution in [0.3, 0.4) is 0 Å². The molecule has 0 saturated carbocycles. The summed E-state index contributed by atoms with van der Waals surface area (Å²) in [6.45, 7) is 1.42. The third-order valence-electron chi connectivity index (χ3n) is 3.61. The summed E-state index contributed by atoms with van der Waals surface area (Å²) in [7, 11) is 2.91. The van der Waals surface area contributed by atoms with E-state index in [4.69, 9.17) is 0 Å². The molecule has 2 aromatic rings. The summed E-state index contributed by atoms with van der Waals surface area (Å²) in [5.41, 5.74) is 0.730. The highest BCUT2D eigenvalue weighted by Gasteiger charge is 2.31. The Morgan fingerprint density at radius 3 is 2.46 bits per heavy atom. The molecular weight excluding hydrogens is 370 g/mol. The number of rotatable bonds is 4. The predicted molar refractivity (Wildman–Crippen MR) is 93.8 cm³/mol. The molecule has 0 aliphatic rings. The van der Waals surface area contributed by atoms with Gasteiger partial charge in [0.25, 0.3) is 0 Å². The molecule has 0 amide bonds. The van der Waals surface area contributed by atoms with Crippen LogP contribution in [-0.2, 0) is 17.8 Å². The SMILES string of the molecule is Cc1cc(F)c(N=C(c2cccn2C)N(C)C)cc1S(=O)CC(F)(F)F. The lowest BCUT2D eigenvalue weighted by Gasteiger charge is -2.17. The van der Waals surface area contributed by atoms with Crippen molar-refractivity contribution in [3.05, 3.63) is 47.5 Å². The first kappa shape index (κ1) is 20.2. The van der Waals surface area contributed by atoms with Gasteiger partial charge in [0, 0.05) is 32.2 Å². The van der Waals surface area contributed by atoms with E-state index in [1.54, 1.807) is 48.9 Å². The van der Waals surface area contributed by atoms with Gasteiger partial charge in [-0.05, 0) is 36.8 Å². The van der Waals surface area contributed by atoms with Gasteiger partial charge in [0.2, 0.25) is 0 Å². The Hall–Kier alpha value is -2.16. The van der Waals surface area contributed by atoms with E-state index in [1.807, 2.05) is 0 Å². The van der Waals surface area contributed by atoms with Crippen LogP contribution in [0.1, 0.15) is 11.3 Å².